The van der Waals surface area contributed by atoms with E-state index in [1.54, 1.807) is 7.11 Å². The summed E-state index contributed by atoms with van der Waals surface area (Å²) in [6, 6.07) is 6.75. The topological polar surface area (TPSA) is 30.5 Å². The van der Waals surface area contributed by atoms with Crippen molar-refractivity contribution in [1.82, 2.24) is 5.32 Å². The van der Waals surface area contributed by atoms with Crippen LogP contribution in [0.3, 0.4) is 0 Å². The molecular weight excluding hydrogens is 226 g/mol. The highest BCUT2D eigenvalue weighted by Gasteiger charge is 2.20. The van der Waals surface area contributed by atoms with Crippen molar-refractivity contribution in [3.8, 4) is 11.5 Å². The highest BCUT2D eigenvalue weighted by molar-refractivity contribution is 5.40. The van der Waals surface area contributed by atoms with E-state index >= 15 is 0 Å². The van der Waals surface area contributed by atoms with Gasteiger partial charge in [-0.3, -0.25) is 0 Å². The maximum atomic E-state index is 5.83. The average Bonchev–Trinajstić information content (AvgIpc) is 3.21. The second-order valence-corrected chi connectivity index (χ2v) is 4.83. The van der Waals surface area contributed by atoms with E-state index in [0.29, 0.717) is 6.04 Å². The lowest BCUT2D eigenvalue weighted by Crippen LogP contribution is -2.16. The Kier molecular flexibility index (Phi) is 4.88. The fraction of sp³-hybridized carbons (Fsp3) is 0.600. The Balaban J connectivity index is 1.99. The van der Waals surface area contributed by atoms with Crippen LogP contribution in [0.4, 0.5) is 0 Å². The van der Waals surface area contributed by atoms with Gasteiger partial charge < -0.3 is 14.8 Å². The molecule has 1 fully saturated rings. The minimum absolute atomic E-state index is 0.708. The van der Waals surface area contributed by atoms with E-state index in [2.05, 4.69) is 18.3 Å². The van der Waals surface area contributed by atoms with Gasteiger partial charge >= 0.3 is 0 Å². The highest BCUT2D eigenvalue weighted by Crippen LogP contribution is 2.26. The molecule has 0 radical (unpaired) electrons. The first kappa shape index (κ1) is 13.2. The van der Waals surface area contributed by atoms with Crippen LogP contribution in [-0.2, 0) is 6.54 Å². The zero-order chi connectivity index (χ0) is 12.8. The van der Waals surface area contributed by atoms with Crippen molar-refractivity contribution in [3.05, 3.63) is 23.8 Å². The van der Waals surface area contributed by atoms with Crippen LogP contribution < -0.4 is 14.8 Å². The Bertz CT molecular complexity index is 375. The molecule has 100 valence electrons. The lowest BCUT2D eigenvalue weighted by molar-refractivity contribution is 0.304. The summed E-state index contributed by atoms with van der Waals surface area (Å²) >= 11 is 0. The first-order valence-corrected chi connectivity index (χ1v) is 6.86. The van der Waals surface area contributed by atoms with Crippen LogP contribution in [0.15, 0.2) is 18.2 Å². The predicted octanol–water partition coefficient (Wildman–Crippen LogP) is 3.13. The number of rotatable bonds is 8. The van der Waals surface area contributed by atoms with E-state index in [-0.39, 0.29) is 0 Å². The first-order chi connectivity index (χ1) is 8.83. The van der Waals surface area contributed by atoms with Gasteiger partial charge in [0.25, 0.3) is 0 Å². The number of benzene rings is 1. The van der Waals surface area contributed by atoms with Gasteiger partial charge in [-0.2, -0.15) is 0 Å². The summed E-state index contributed by atoms with van der Waals surface area (Å²) in [4.78, 5) is 0. The summed E-state index contributed by atoms with van der Waals surface area (Å²) < 4.78 is 11.1. The minimum atomic E-state index is 0.708. The summed E-state index contributed by atoms with van der Waals surface area (Å²) in [5, 5.41) is 3.52. The van der Waals surface area contributed by atoms with E-state index in [1.165, 1.54) is 18.4 Å². The van der Waals surface area contributed by atoms with Crippen LogP contribution in [-0.4, -0.2) is 19.8 Å². The van der Waals surface area contributed by atoms with Crippen LogP contribution >= 0.6 is 0 Å². The van der Waals surface area contributed by atoms with Crippen molar-refractivity contribution in [2.75, 3.05) is 13.7 Å². The van der Waals surface area contributed by atoms with Crippen molar-refractivity contribution in [1.29, 1.82) is 0 Å². The maximum absolute atomic E-state index is 5.83. The number of hydrogen-bond acceptors (Lipinski definition) is 3. The average molecular weight is 249 g/mol. The van der Waals surface area contributed by atoms with Gasteiger partial charge in [-0.15, -0.1) is 0 Å². The quantitative estimate of drug-likeness (QED) is 0.718. The molecule has 0 spiro atoms. The van der Waals surface area contributed by atoms with Gasteiger partial charge in [0.15, 0.2) is 0 Å². The van der Waals surface area contributed by atoms with E-state index < -0.39 is 0 Å². The molecule has 3 heteroatoms. The van der Waals surface area contributed by atoms with Crippen LogP contribution in [0, 0.1) is 0 Å². The molecule has 0 bridgehead atoms. The molecule has 0 amide bonds. The summed E-state index contributed by atoms with van der Waals surface area (Å²) in [6.45, 7) is 3.83. The zero-order valence-corrected chi connectivity index (χ0v) is 11.4. The zero-order valence-electron chi connectivity index (χ0n) is 11.4. The fourth-order valence-electron chi connectivity index (χ4n) is 1.83. The SMILES string of the molecule is CCCCOc1ccc(OC)cc1CNC1CC1. The molecule has 0 saturated heterocycles. The molecule has 18 heavy (non-hydrogen) atoms. The molecule has 1 aliphatic rings. The molecule has 3 nitrogen and oxygen atoms in total. The molecule has 1 N–H and O–H groups in total. The number of methoxy groups -OCH3 is 1. The van der Waals surface area contributed by atoms with E-state index in [1.807, 2.05) is 12.1 Å². The number of nitrogens with one attached hydrogen (secondary N) is 1. The normalized spacial score (nSPS) is 14.6. The largest absolute Gasteiger partial charge is 0.497 e. The van der Waals surface area contributed by atoms with E-state index in [0.717, 1.165) is 37.5 Å². The van der Waals surface area contributed by atoms with E-state index in [9.17, 15) is 0 Å². The molecule has 0 aromatic heterocycles. The van der Waals surface area contributed by atoms with Gasteiger partial charge in [0.1, 0.15) is 11.5 Å². The summed E-state index contributed by atoms with van der Waals surface area (Å²) in [5.41, 5.74) is 1.19. The lowest BCUT2D eigenvalue weighted by atomic mass is 10.2. The fourth-order valence-corrected chi connectivity index (χ4v) is 1.83. The Morgan fingerprint density at radius 2 is 2.17 bits per heavy atom. The second kappa shape index (κ2) is 6.64. The molecule has 1 aromatic rings. The molecule has 1 aliphatic carbocycles. The Morgan fingerprint density at radius 1 is 1.33 bits per heavy atom. The van der Waals surface area contributed by atoms with Gasteiger partial charge in [-0.1, -0.05) is 13.3 Å². The number of ether oxygens (including phenoxy) is 2. The number of hydrogen-bond donors (Lipinski definition) is 1. The molecule has 0 atom stereocenters. The van der Waals surface area contributed by atoms with Crippen LogP contribution in [0.5, 0.6) is 11.5 Å². The third-order valence-electron chi connectivity index (χ3n) is 3.18. The van der Waals surface area contributed by atoms with E-state index in [4.69, 9.17) is 9.47 Å². The minimum Gasteiger partial charge on any atom is -0.497 e. The monoisotopic (exact) mass is 249 g/mol. The maximum Gasteiger partial charge on any atom is 0.124 e. The first-order valence-electron chi connectivity index (χ1n) is 6.86. The third-order valence-corrected chi connectivity index (χ3v) is 3.18. The molecule has 2 rings (SSSR count). The molecule has 0 aliphatic heterocycles. The van der Waals surface area contributed by atoms with Gasteiger partial charge in [-0.05, 0) is 37.5 Å². The summed E-state index contributed by atoms with van der Waals surface area (Å²) in [5.74, 6) is 1.88. The van der Waals surface area contributed by atoms with Crippen molar-refractivity contribution in [2.24, 2.45) is 0 Å². The Labute approximate surface area is 109 Å². The molecule has 1 saturated carbocycles. The van der Waals surface area contributed by atoms with Crippen molar-refractivity contribution >= 4 is 0 Å². The summed E-state index contributed by atoms with van der Waals surface area (Å²) in [7, 11) is 1.70. The van der Waals surface area contributed by atoms with Gasteiger partial charge in [0.2, 0.25) is 0 Å². The van der Waals surface area contributed by atoms with Crippen molar-refractivity contribution < 1.29 is 9.47 Å². The van der Waals surface area contributed by atoms with Crippen LogP contribution in [0.25, 0.3) is 0 Å². The number of unbranched alkanes of at least 4 members (excludes halogenated alkanes) is 1. The standard InChI is InChI=1S/C15H23NO2/c1-3-4-9-18-15-8-7-14(17-2)10-12(15)11-16-13-5-6-13/h7-8,10,13,16H,3-6,9,11H2,1-2H3. The summed E-state index contributed by atoms with van der Waals surface area (Å²) in [6.07, 6.45) is 4.86. The van der Waals surface area contributed by atoms with Crippen LogP contribution in [0.2, 0.25) is 0 Å². The van der Waals surface area contributed by atoms with Gasteiger partial charge in [0.05, 0.1) is 13.7 Å². The van der Waals surface area contributed by atoms with Gasteiger partial charge in [0, 0.05) is 18.2 Å². The third kappa shape index (κ3) is 3.91. The van der Waals surface area contributed by atoms with Crippen LogP contribution in [0.1, 0.15) is 38.2 Å². The van der Waals surface area contributed by atoms with Crippen molar-refractivity contribution in [2.45, 2.75) is 45.2 Å². The highest BCUT2D eigenvalue weighted by atomic mass is 16.5. The smallest absolute Gasteiger partial charge is 0.124 e. The molecule has 0 unspecified atom stereocenters. The second-order valence-electron chi connectivity index (χ2n) is 4.83. The molecule has 1 aromatic carbocycles. The molecule has 0 heterocycles. The Hall–Kier alpha value is -1.22. The van der Waals surface area contributed by atoms with Gasteiger partial charge in [-0.25, -0.2) is 0 Å². The Morgan fingerprint density at radius 3 is 2.83 bits per heavy atom. The predicted molar refractivity (Wildman–Crippen MR) is 73.3 cm³/mol. The molecular formula is C15H23NO2. The lowest BCUT2D eigenvalue weighted by Gasteiger charge is -2.13. The van der Waals surface area contributed by atoms with Crippen molar-refractivity contribution in [3.63, 3.8) is 0 Å².